The van der Waals surface area contributed by atoms with Gasteiger partial charge in [0, 0.05) is 19.8 Å². The second-order valence-corrected chi connectivity index (χ2v) is 5.01. The number of aromatic nitrogens is 5. The maximum Gasteiger partial charge on any atom is 0.175 e. The first-order valence-electron chi connectivity index (χ1n) is 6.38. The minimum atomic E-state index is 0.479. The van der Waals surface area contributed by atoms with E-state index in [-0.39, 0.29) is 0 Å². The smallest absolute Gasteiger partial charge is 0.175 e. The average molecular weight is 246 g/mol. The van der Waals surface area contributed by atoms with Crippen molar-refractivity contribution in [2.45, 2.75) is 26.3 Å². The summed E-state index contributed by atoms with van der Waals surface area (Å²) in [7, 11) is 1.90. The van der Waals surface area contributed by atoms with Gasteiger partial charge < -0.3 is 5.73 Å². The molecule has 2 aromatic heterocycles. The fourth-order valence-corrected chi connectivity index (χ4v) is 2.58. The Hall–Kier alpha value is -1.85. The lowest BCUT2D eigenvalue weighted by atomic mass is 10.2. The number of nitrogens with two attached hydrogens (primary N) is 1. The first kappa shape index (κ1) is 11.3. The molecular formula is C12H18N6. The predicted octanol–water partition coefficient (Wildman–Crippen LogP) is 1.31. The summed E-state index contributed by atoms with van der Waals surface area (Å²) in [4.78, 5) is 0. The summed E-state index contributed by atoms with van der Waals surface area (Å²) >= 11 is 0. The van der Waals surface area contributed by atoms with Crippen molar-refractivity contribution >= 4 is 5.82 Å². The van der Waals surface area contributed by atoms with E-state index in [9.17, 15) is 0 Å². The third kappa shape index (κ3) is 1.77. The van der Waals surface area contributed by atoms with Crippen LogP contribution in [0.2, 0.25) is 0 Å². The summed E-state index contributed by atoms with van der Waals surface area (Å²) in [5.74, 6) is 2.05. The summed E-state index contributed by atoms with van der Waals surface area (Å²) in [6.45, 7) is 3.14. The molecule has 96 valence electrons. The minimum Gasteiger partial charge on any atom is -0.380 e. The normalized spacial score (nSPS) is 22.3. The molecule has 2 atom stereocenters. The van der Waals surface area contributed by atoms with Gasteiger partial charge in [0.25, 0.3) is 0 Å². The van der Waals surface area contributed by atoms with Crippen molar-refractivity contribution in [2.24, 2.45) is 18.9 Å². The van der Waals surface area contributed by atoms with Gasteiger partial charge in [-0.05, 0) is 24.3 Å². The second-order valence-electron chi connectivity index (χ2n) is 5.01. The monoisotopic (exact) mass is 246 g/mol. The van der Waals surface area contributed by atoms with E-state index in [0.717, 1.165) is 29.8 Å². The first-order chi connectivity index (χ1) is 8.70. The molecule has 0 aromatic carbocycles. The van der Waals surface area contributed by atoms with Crippen LogP contribution in [0.4, 0.5) is 5.82 Å². The summed E-state index contributed by atoms with van der Waals surface area (Å²) in [6.07, 6.45) is 4.30. The van der Waals surface area contributed by atoms with Gasteiger partial charge >= 0.3 is 0 Å². The molecule has 0 radical (unpaired) electrons. The van der Waals surface area contributed by atoms with E-state index in [1.54, 1.807) is 10.9 Å². The molecule has 2 unspecified atom stereocenters. The van der Waals surface area contributed by atoms with Crippen LogP contribution in [0.5, 0.6) is 0 Å². The molecule has 0 spiro atoms. The van der Waals surface area contributed by atoms with Gasteiger partial charge in [-0.25, -0.2) is 4.68 Å². The van der Waals surface area contributed by atoms with Crippen molar-refractivity contribution in [3.63, 3.8) is 0 Å². The topological polar surface area (TPSA) is 74.6 Å². The molecule has 0 aliphatic heterocycles. The Bertz CT molecular complexity index is 555. The molecule has 1 aliphatic carbocycles. The van der Waals surface area contributed by atoms with E-state index >= 15 is 0 Å². The quantitative estimate of drug-likeness (QED) is 0.882. The lowest BCUT2D eigenvalue weighted by Gasteiger charge is -2.06. The van der Waals surface area contributed by atoms with Gasteiger partial charge in [0.15, 0.2) is 5.82 Å². The first-order valence-corrected chi connectivity index (χ1v) is 6.38. The Morgan fingerprint density at radius 3 is 2.89 bits per heavy atom. The standard InChI is InChI=1S/C12H18N6/c1-3-8-6-9(8)7-18-11(12(13)15-16-18)10-4-5-14-17(10)2/h4-5,8-9H,3,6-7,13H2,1-2H3. The zero-order valence-corrected chi connectivity index (χ0v) is 10.7. The lowest BCUT2D eigenvalue weighted by molar-refractivity contribution is 0.514. The predicted molar refractivity (Wildman–Crippen MR) is 68.5 cm³/mol. The fourth-order valence-electron chi connectivity index (χ4n) is 2.58. The molecular weight excluding hydrogens is 228 g/mol. The lowest BCUT2D eigenvalue weighted by Crippen LogP contribution is -2.08. The molecule has 0 saturated heterocycles. The number of hydrogen-bond acceptors (Lipinski definition) is 4. The highest BCUT2D eigenvalue weighted by Crippen LogP contribution is 2.42. The zero-order valence-electron chi connectivity index (χ0n) is 10.7. The van der Waals surface area contributed by atoms with Crippen LogP contribution in [0.15, 0.2) is 12.3 Å². The number of hydrogen-bond donors (Lipinski definition) is 1. The highest BCUT2D eigenvalue weighted by Gasteiger charge is 2.36. The van der Waals surface area contributed by atoms with Gasteiger partial charge in [-0.15, -0.1) is 5.10 Å². The van der Waals surface area contributed by atoms with Crippen molar-refractivity contribution in [3.05, 3.63) is 12.3 Å². The summed E-state index contributed by atoms with van der Waals surface area (Å²) in [6, 6.07) is 1.94. The molecule has 1 fully saturated rings. The van der Waals surface area contributed by atoms with Gasteiger partial charge in [-0.2, -0.15) is 5.10 Å². The number of rotatable bonds is 4. The van der Waals surface area contributed by atoms with Gasteiger partial charge in [-0.3, -0.25) is 4.68 Å². The average Bonchev–Trinajstić information content (AvgIpc) is 2.84. The van der Waals surface area contributed by atoms with Gasteiger partial charge in [0.2, 0.25) is 0 Å². The van der Waals surface area contributed by atoms with E-state index in [1.807, 2.05) is 17.8 Å². The van der Waals surface area contributed by atoms with Crippen LogP contribution in [0.1, 0.15) is 19.8 Å². The Morgan fingerprint density at radius 2 is 2.28 bits per heavy atom. The van der Waals surface area contributed by atoms with Gasteiger partial charge in [0.05, 0.1) is 5.69 Å². The third-order valence-corrected chi connectivity index (χ3v) is 3.83. The van der Waals surface area contributed by atoms with Crippen LogP contribution in [0.3, 0.4) is 0 Å². The van der Waals surface area contributed by atoms with E-state index in [1.165, 1.54) is 12.8 Å². The highest BCUT2D eigenvalue weighted by molar-refractivity contribution is 5.66. The van der Waals surface area contributed by atoms with E-state index in [0.29, 0.717) is 5.82 Å². The summed E-state index contributed by atoms with van der Waals surface area (Å²) in [5, 5.41) is 12.3. The van der Waals surface area contributed by atoms with Crippen molar-refractivity contribution in [1.82, 2.24) is 24.8 Å². The Kier molecular flexibility index (Phi) is 2.57. The van der Waals surface area contributed by atoms with Crippen LogP contribution in [0.25, 0.3) is 11.4 Å². The Labute approximate surface area is 106 Å². The van der Waals surface area contributed by atoms with Crippen molar-refractivity contribution in [2.75, 3.05) is 5.73 Å². The Balaban J connectivity index is 1.90. The molecule has 2 aromatic rings. The van der Waals surface area contributed by atoms with Crippen LogP contribution in [0, 0.1) is 11.8 Å². The fraction of sp³-hybridized carbons (Fsp3) is 0.583. The van der Waals surface area contributed by atoms with E-state index in [2.05, 4.69) is 22.3 Å². The minimum absolute atomic E-state index is 0.479. The number of aryl methyl sites for hydroxylation is 1. The maximum absolute atomic E-state index is 5.93. The van der Waals surface area contributed by atoms with E-state index < -0.39 is 0 Å². The van der Waals surface area contributed by atoms with Gasteiger partial charge in [-0.1, -0.05) is 18.6 Å². The zero-order chi connectivity index (χ0) is 12.7. The van der Waals surface area contributed by atoms with Crippen molar-refractivity contribution < 1.29 is 0 Å². The maximum atomic E-state index is 5.93. The molecule has 6 heteroatoms. The number of nitrogen functional groups attached to an aromatic ring is 1. The van der Waals surface area contributed by atoms with Crippen molar-refractivity contribution in [1.29, 1.82) is 0 Å². The molecule has 1 saturated carbocycles. The second kappa shape index (κ2) is 4.12. The molecule has 6 nitrogen and oxygen atoms in total. The summed E-state index contributed by atoms with van der Waals surface area (Å²) in [5.41, 5.74) is 7.78. The SMILES string of the molecule is CCC1CC1Cn1nnc(N)c1-c1ccnn1C. The molecule has 2 N–H and O–H groups in total. The third-order valence-electron chi connectivity index (χ3n) is 3.83. The molecule has 1 aliphatic rings. The van der Waals surface area contributed by atoms with Crippen LogP contribution >= 0.6 is 0 Å². The highest BCUT2D eigenvalue weighted by atomic mass is 15.5. The Morgan fingerprint density at radius 1 is 1.44 bits per heavy atom. The molecule has 0 bridgehead atoms. The van der Waals surface area contributed by atoms with E-state index in [4.69, 9.17) is 5.73 Å². The molecule has 2 heterocycles. The largest absolute Gasteiger partial charge is 0.380 e. The van der Waals surface area contributed by atoms with Crippen LogP contribution in [-0.4, -0.2) is 24.8 Å². The van der Waals surface area contributed by atoms with Gasteiger partial charge in [0.1, 0.15) is 5.69 Å². The molecule has 18 heavy (non-hydrogen) atoms. The number of anilines is 1. The van der Waals surface area contributed by atoms with Crippen LogP contribution in [-0.2, 0) is 13.6 Å². The molecule has 0 amide bonds. The molecule has 3 rings (SSSR count). The van der Waals surface area contributed by atoms with Crippen molar-refractivity contribution in [3.8, 4) is 11.4 Å². The summed E-state index contributed by atoms with van der Waals surface area (Å²) < 4.78 is 3.72. The number of nitrogens with zero attached hydrogens (tertiary/aromatic N) is 5. The van der Waals surface area contributed by atoms with Crippen LogP contribution < -0.4 is 5.73 Å².